The Morgan fingerprint density at radius 2 is 2.19 bits per heavy atom. The maximum atomic E-state index is 12.5. The molecule has 1 aromatic heterocycles. The lowest BCUT2D eigenvalue weighted by Crippen LogP contribution is -2.25. The van der Waals surface area contributed by atoms with Crippen LogP contribution >= 0.6 is 0 Å². The zero-order chi connectivity index (χ0) is 12.0. The van der Waals surface area contributed by atoms with Crippen molar-refractivity contribution in [2.45, 2.75) is 12.8 Å². The van der Waals surface area contributed by atoms with Crippen LogP contribution < -0.4 is 5.32 Å². The molecular formula is C10H11FN2O3. The Morgan fingerprint density at radius 1 is 1.44 bits per heavy atom. The first kappa shape index (κ1) is 12.1. The molecule has 0 aliphatic rings. The molecule has 0 fully saturated rings. The van der Waals surface area contributed by atoms with Crippen molar-refractivity contribution in [3.63, 3.8) is 0 Å². The highest BCUT2D eigenvalue weighted by Gasteiger charge is 2.06. The molecule has 1 rings (SSSR count). The van der Waals surface area contributed by atoms with Crippen molar-refractivity contribution in [1.82, 2.24) is 10.3 Å². The Hall–Kier alpha value is -1.98. The molecule has 0 aliphatic heterocycles. The predicted molar refractivity (Wildman–Crippen MR) is 53.4 cm³/mol. The molecule has 0 spiro atoms. The van der Waals surface area contributed by atoms with Gasteiger partial charge in [-0.15, -0.1) is 0 Å². The average Bonchev–Trinajstić information content (AvgIpc) is 2.25. The number of pyridine rings is 1. The normalized spacial score (nSPS) is 9.81. The summed E-state index contributed by atoms with van der Waals surface area (Å²) in [6.07, 6.45) is 1.30. The van der Waals surface area contributed by atoms with Gasteiger partial charge >= 0.3 is 5.97 Å². The zero-order valence-corrected chi connectivity index (χ0v) is 8.44. The van der Waals surface area contributed by atoms with Crippen LogP contribution in [0, 0.1) is 5.82 Å². The molecule has 0 aromatic carbocycles. The van der Waals surface area contributed by atoms with Crippen LogP contribution in [0.25, 0.3) is 0 Å². The summed E-state index contributed by atoms with van der Waals surface area (Å²) in [6, 6.07) is 2.40. The first-order valence-electron chi connectivity index (χ1n) is 4.71. The van der Waals surface area contributed by atoms with E-state index in [0.29, 0.717) is 6.42 Å². The first-order valence-corrected chi connectivity index (χ1v) is 4.71. The Kier molecular flexibility index (Phi) is 4.38. The number of aliphatic carboxylic acids is 1. The minimum absolute atomic E-state index is 0.00285. The summed E-state index contributed by atoms with van der Waals surface area (Å²) in [7, 11) is 0. The molecular weight excluding hydrogens is 215 g/mol. The van der Waals surface area contributed by atoms with Gasteiger partial charge in [0.05, 0.1) is 6.20 Å². The van der Waals surface area contributed by atoms with Gasteiger partial charge in [0.15, 0.2) is 0 Å². The molecule has 0 aliphatic carbocycles. The summed E-state index contributed by atoms with van der Waals surface area (Å²) in [5.74, 6) is -1.86. The molecule has 0 unspecified atom stereocenters. The largest absolute Gasteiger partial charge is 0.481 e. The fourth-order valence-corrected chi connectivity index (χ4v) is 1.04. The van der Waals surface area contributed by atoms with Crippen molar-refractivity contribution < 1.29 is 19.1 Å². The molecule has 0 saturated carbocycles. The van der Waals surface area contributed by atoms with Gasteiger partial charge in [0.25, 0.3) is 5.91 Å². The lowest BCUT2D eigenvalue weighted by Gasteiger charge is -2.02. The number of hydrogen-bond acceptors (Lipinski definition) is 3. The summed E-state index contributed by atoms with van der Waals surface area (Å²) in [5.41, 5.74) is 0.108. The number of halogens is 1. The molecule has 0 radical (unpaired) electrons. The van der Waals surface area contributed by atoms with E-state index in [1.807, 2.05) is 0 Å². The molecule has 16 heavy (non-hydrogen) atoms. The molecule has 5 nitrogen and oxygen atoms in total. The van der Waals surface area contributed by atoms with E-state index in [9.17, 15) is 14.0 Å². The van der Waals surface area contributed by atoms with Crippen molar-refractivity contribution in [2.75, 3.05) is 6.54 Å². The number of nitrogens with one attached hydrogen (secondary N) is 1. The zero-order valence-electron chi connectivity index (χ0n) is 8.44. The van der Waals surface area contributed by atoms with Gasteiger partial charge < -0.3 is 10.4 Å². The fraction of sp³-hybridized carbons (Fsp3) is 0.300. The van der Waals surface area contributed by atoms with Crippen molar-refractivity contribution in [3.05, 3.63) is 29.8 Å². The number of carbonyl (C=O) groups is 2. The molecule has 0 saturated heterocycles. The number of nitrogens with zero attached hydrogens (tertiary/aromatic N) is 1. The quantitative estimate of drug-likeness (QED) is 0.728. The van der Waals surface area contributed by atoms with Gasteiger partial charge in [-0.25, -0.2) is 9.37 Å². The van der Waals surface area contributed by atoms with Gasteiger partial charge in [-0.05, 0) is 18.6 Å². The molecule has 0 atom stereocenters. The number of rotatable bonds is 5. The highest BCUT2D eigenvalue weighted by atomic mass is 19.1. The van der Waals surface area contributed by atoms with E-state index in [-0.39, 0.29) is 18.7 Å². The van der Waals surface area contributed by atoms with Gasteiger partial charge in [0, 0.05) is 13.0 Å². The van der Waals surface area contributed by atoms with Gasteiger partial charge in [0.2, 0.25) is 0 Å². The third kappa shape index (κ3) is 4.04. The summed E-state index contributed by atoms with van der Waals surface area (Å²) in [5, 5.41) is 10.8. The smallest absolute Gasteiger partial charge is 0.303 e. The van der Waals surface area contributed by atoms with Crippen LogP contribution in [0.1, 0.15) is 23.3 Å². The lowest BCUT2D eigenvalue weighted by atomic mass is 10.3. The standard InChI is InChI=1S/C10H11FN2O3/c11-7-3-4-8(13-6-7)10(16)12-5-1-2-9(14)15/h3-4,6H,1-2,5H2,(H,12,16)(H,14,15). The number of carbonyl (C=O) groups excluding carboxylic acids is 1. The van der Waals surface area contributed by atoms with E-state index in [2.05, 4.69) is 10.3 Å². The van der Waals surface area contributed by atoms with Crippen LogP contribution in [0.3, 0.4) is 0 Å². The Bertz CT molecular complexity index is 378. The summed E-state index contributed by atoms with van der Waals surface area (Å²) >= 11 is 0. The Morgan fingerprint density at radius 3 is 2.75 bits per heavy atom. The van der Waals surface area contributed by atoms with Gasteiger partial charge in [-0.1, -0.05) is 0 Å². The maximum absolute atomic E-state index is 12.5. The Balaban J connectivity index is 2.35. The number of aromatic nitrogens is 1. The minimum Gasteiger partial charge on any atom is -0.481 e. The number of carboxylic acid groups (broad SMARTS) is 1. The van der Waals surface area contributed by atoms with Crippen molar-refractivity contribution >= 4 is 11.9 Å². The number of amides is 1. The van der Waals surface area contributed by atoms with Crippen LogP contribution in [0.5, 0.6) is 0 Å². The molecule has 1 aromatic rings. The third-order valence-electron chi connectivity index (χ3n) is 1.81. The molecule has 0 bridgehead atoms. The van der Waals surface area contributed by atoms with Gasteiger partial charge in [0.1, 0.15) is 11.5 Å². The van der Waals surface area contributed by atoms with Crippen molar-refractivity contribution in [2.24, 2.45) is 0 Å². The van der Waals surface area contributed by atoms with Crippen LogP contribution in [-0.2, 0) is 4.79 Å². The van der Waals surface area contributed by atoms with E-state index >= 15 is 0 Å². The molecule has 1 heterocycles. The van der Waals surface area contributed by atoms with E-state index < -0.39 is 17.7 Å². The molecule has 6 heteroatoms. The molecule has 86 valence electrons. The summed E-state index contributed by atoms with van der Waals surface area (Å²) < 4.78 is 12.5. The fourth-order valence-electron chi connectivity index (χ4n) is 1.04. The van der Waals surface area contributed by atoms with E-state index in [0.717, 1.165) is 12.3 Å². The van der Waals surface area contributed by atoms with Crippen LogP contribution in [0.4, 0.5) is 4.39 Å². The average molecular weight is 226 g/mol. The molecule has 1 amide bonds. The first-order chi connectivity index (χ1) is 7.59. The highest BCUT2D eigenvalue weighted by Crippen LogP contribution is 1.98. The van der Waals surface area contributed by atoms with Gasteiger partial charge in [-0.3, -0.25) is 9.59 Å². The van der Waals surface area contributed by atoms with Crippen molar-refractivity contribution in [3.8, 4) is 0 Å². The van der Waals surface area contributed by atoms with Crippen LogP contribution in [0.15, 0.2) is 18.3 Å². The predicted octanol–water partition coefficient (Wildman–Crippen LogP) is 0.815. The topological polar surface area (TPSA) is 79.3 Å². The van der Waals surface area contributed by atoms with E-state index in [1.165, 1.54) is 6.07 Å². The maximum Gasteiger partial charge on any atom is 0.303 e. The number of hydrogen-bond donors (Lipinski definition) is 2. The minimum atomic E-state index is -0.908. The van der Waals surface area contributed by atoms with Crippen LogP contribution in [0.2, 0.25) is 0 Å². The third-order valence-corrected chi connectivity index (χ3v) is 1.81. The summed E-state index contributed by atoms with van der Waals surface area (Å²) in [4.78, 5) is 25.1. The Labute approximate surface area is 91.3 Å². The van der Waals surface area contributed by atoms with Gasteiger partial charge in [-0.2, -0.15) is 0 Å². The monoisotopic (exact) mass is 226 g/mol. The second-order valence-electron chi connectivity index (χ2n) is 3.11. The van der Waals surface area contributed by atoms with E-state index in [4.69, 9.17) is 5.11 Å². The second kappa shape index (κ2) is 5.79. The molecule has 2 N–H and O–H groups in total. The van der Waals surface area contributed by atoms with Crippen molar-refractivity contribution in [1.29, 1.82) is 0 Å². The SMILES string of the molecule is O=C(O)CCCNC(=O)c1ccc(F)cn1. The van der Waals surface area contributed by atoms with Crippen LogP contribution in [-0.4, -0.2) is 28.5 Å². The number of carboxylic acids is 1. The second-order valence-corrected chi connectivity index (χ2v) is 3.11. The highest BCUT2D eigenvalue weighted by molar-refractivity contribution is 5.92. The lowest BCUT2D eigenvalue weighted by molar-refractivity contribution is -0.137. The van der Waals surface area contributed by atoms with E-state index in [1.54, 1.807) is 0 Å². The summed E-state index contributed by atoms with van der Waals surface area (Å²) in [6.45, 7) is 0.254.